The van der Waals surface area contributed by atoms with Gasteiger partial charge in [0.25, 0.3) is 0 Å². The van der Waals surface area contributed by atoms with Gasteiger partial charge in [0, 0.05) is 32.2 Å². The Morgan fingerprint density at radius 2 is 0.897 bits per heavy atom. The van der Waals surface area contributed by atoms with Crippen molar-refractivity contribution >= 4 is 77.3 Å². The molecule has 0 aromatic rings. The van der Waals surface area contributed by atoms with Crippen LogP contribution in [0.2, 0.25) is 0 Å². The first kappa shape index (κ1) is 61.4. The number of aliphatic carboxylic acids is 8. The molecule has 5 atom stereocenters. The first-order chi connectivity index (χ1) is 26.6. The van der Waals surface area contributed by atoms with Crippen LogP contribution in [0.15, 0.2) is 4.99 Å². The fourth-order valence-electron chi connectivity index (χ4n) is 2.85. The van der Waals surface area contributed by atoms with Gasteiger partial charge in [-0.25, -0.2) is 4.79 Å². The van der Waals surface area contributed by atoms with Gasteiger partial charge in [-0.1, -0.05) is 0 Å². The second kappa shape index (κ2) is 38.1. The molecule has 0 saturated carbocycles. The highest BCUT2D eigenvalue weighted by Crippen LogP contribution is 2.00. The lowest BCUT2D eigenvalue weighted by atomic mass is 10.1. The molecule has 0 fully saturated rings. The van der Waals surface area contributed by atoms with Crippen molar-refractivity contribution in [3.8, 4) is 0 Å². The van der Waals surface area contributed by atoms with Gasteiger partial charge in [-0.15, -0.1) is 0 Å². The normalized spacial score (nSPS) is 12.2. The molecule has 28 heteroatoms. The standard InChI is InChI=1S/C9H13NO7.C6H14N4O2.C5H10N2O3.C5H9NO4.C5H11NO2S/c11-6(2-4-8(14)15)10-5(9(16)17)1-3-7(12)13;7-4(5(11)12)2-1-3-10-6(8)9;2*6-3(5(9)10)1-2-4(7)8;1-9-3-2-4(6)5(7)8/h5H,1-4H2,(H,10,11)(H,12,13)(H,14,15)(H,16,17);4H,1-3,7H2,(H,11,12)(H4,8,9,10);3H,1-2,6H2,(H2,7,8)(H,9,10);3H,1-2,6H2,(H,7,8)(H,9,10);4H,2-3,6H2,1H3,(H,7,8)/t5-;4-;2*3-;4-/m00000/s1. The van der Waals surface area contributed by atoms with Gasteiger partial charge >= 0.3 is 47.8 Å². The van der Waals surface area contributed by atoms with Crippen molar-refractivity contribution < 1.29 is 88.8 Å². The second-order valence-corrected chi connectivity index (χ2v) is 12.2. The van der Waals surface area contributed by atoms with Crippen LogP contribution in [0.1, 0.15) is 70.6 Å². The number of carbonyl (C=O) groups excluding carboxylic acids is 2. The zero-order valence-electron chi connectivity index (χ0n) is 31.6. The molecule has 0 aromatic carbocycles. The predicted molar refractivity (Wildman–Crippen MR) is 204 cm³/mol. The third-order valence-corrected chi connectivity index (χ3v) is 6.73. The van der Waals surface area contributed by atoms with E-state index in [2.05, 4.69) is 10.3 Å². The number of nitrogens with one attached hydrogen (secondary N) is 1. The molecular weight excluding hydrogens is 806 g/mol. The number of aliphatic imine (C=N–C) groups is 1. The minimum Gasteiger partial charge on any atom is -0.481 e. The SMILES string of the molecule is CSCC[C@H](N)C(=O)O.NC(=O)CC[C@H](N)C(=O)O.NC(N)=NCCC[C@H](N)C(=O)O.N[C@@H](CCC(=O)O)C(=O)O.O=C(O)CCC(=O)N[C@@H](CCC(=O)O)C(=O)O. The molecule has 336 valence electrons. The molecule has 58 heavy (non-hydrogen) atoms. The van der Waals surface area contributed by atoms with Gasteiger partial charge in [0.05, 0.1) is 6.42 Å². The van der Waals surface area contributed by atoms with E-state index in [1.807, 2.05) is 6.26 Å². The number of carboxylic acid groups (broad SMARTS) is 8. The lowest BCUT2D eigenvalue weighted by Gasteiger charge is -2.12. The molecule has 0 aliphatic carbocycles. The average Bonchev–Trinajstić information content (AvgIpc) is 3.11. The summed E-state index contributed by atoms with van der Waals surface area (Å²) in [5.74, 6) is -9.35. The van der Waals surface area contributed by atoms with E-state index in [4.69, 9.17) is 81.0 Å². The average molecular weight is 864 g/mol. The number of nitrogens with zero attached hydrogens (tertiary/aromatic N) is 1. The van der Waals surface area contributed by atoms with Crippen LogP contribution in [0.3, 0.4) is 0 Å². The molecular formula is C30H57N9O18S. The molecule has 2 amide bonds. The minimum atomic E-state index is -1.35. The summed E-state index contributed by atoms with van der Waals surface area (Å²) in [6.45, 7) is 0.420. The summed E-state index contributed by atoms with van der Waals surface area (Å²) in [6.07, 6.45) is 1.95. The Balaban J connectivity index is -0.000000206. The number of rotatable bonds is 25. The lowest BCUT2D eigenvalue weighted by molar-refractivity contribution is -0.144. The zero-order chi connectivity index (χ0) is 46.6. The molecule has 0 rings (SSSR count). The number of nitrogens with two attached hydrogens (primary N) is 7. The van der Waals surface area contributed by atoms with Gasteiger partial charge in [0.15, 0.2) is 5.96 Å². The first-order valence-electron chi connectivity index (χ1n) is 16.6. The number of thioether (sulfide) groups is 1. The van der Waals surface area contributed by atoms with Crippen molar-refractivity contribution in [2.45, 2.75) is 101 Å². The van der Waals surface area contributed by atoms with Crippen LogP contribution in [0.4, 0.5) is 0 Å². The van der Waals surface area contributed by atoms with E-state index < -0.39 is 103 Å². The van der Waals surface area contributed by atoms with Crippen LogP contribution in [0.5, 0.6) is 0 Å². The van der Waals surface area contributed by atoms with Gasteiger partial charge in [-0.2, -0.15) is 11.8 Å². The van der Waals surface area contributed by atoms with Crippen molar-refractivity contribution in [2.24, 2.45) is 45.1 Å². The van der Waals surface area contributed by atoms with Crippen molar-refractivity contribution in [3.05, 3.63) is 0 Å². The van der Waals surface area contributed by atoms with E-state index in [1.165, 1.54) is 0 Å². The Bertz CT molecular complexity index is 1300. The second-order valence-electron chi connectivity index (χ2n) is 11.2. The van der Waals surface area contributed by atoms with Crippen LogP contribution >= 0.6 is 11.8 Å². The molecule has 0 heterocycles. The van der Waals surface area contributed by atoms with E-state index in [0.29, 0.717) is 25.8 Å². The first-order valence-corrected chi connectivity index (χ1v) is 18.0. The predicted octanol–water partition coefficient (Wildman–Crippen LogP) is -4.18. The molecule has 0 bridgehead atoms. The fourth-order valence-corrected chi connectivity index (χ4v) is 3.34. The summed E-state index contributed by atoms with van der Waals surface area (Å²) in [4.78, 5) is 106. The van der Waals surface area contributed by atoms with E-state index >= 15 is 0 Å². The number of hydrogen-bond acceptors (Lipinski definition) is 16. The number of hydrogen-bond donors (Lipinski definition) is 16. The van der Waals surface area contributed by atoms with Crippen LogP contribution in [-0.4, -0.2) is 155 Å². The molecule has 0 saturated heterocycles. The number of guanidine groups is 1. The van der Waals surface area contributed by atoms with Crippen molar-refractivity contribution in [1.82, 2.24) is 5.32 Å². The largest absolute Gasteiger partial charge is 0.481 e. The summed E-state index contributed by atoms with van der Waals surface area (Å²) in [5, 5.41) is 68.6. The Hall–Kier alpha value is -5.84. The highest BCUT2D eigenvalue weighted by Gasteiger charge is 2.21. The Kier molecular flexibility index (Phi) is 40.3. The van der Waals surface area contributed by atoms with Gasteiger partial charge in [0.1, 0.15) is 30.2 Å². The zero-order valence-corrected chi connectivity index (χ0v) is 32.5. The maximum absolute atomic E-state index is 11.1. The molecule has 0 aliphatic heterocycles. The van der Waals surface area contributed by atoms with Gasteiger partial charge in [-0.05, 0) is 50.5 Å². The van der Waals surface area contributed by atoms with Crippen molar-refractivity contribution in [2.75, 3.05) is 18.6 Å². The lowest BCUT2D eigenvalue weighted by Crippen LogP contribution is -2.41. The van der Waals surface area contributed by atoms with Gasteiger partial charge in [0.2, 0.25) is 11.8 Å². The summed E-state index contributed by atoms with van der Waals surface area (Å²) in [7, 11) is 0. The van der Waals surface area contributed by atoms with E-state index in [9.17, 15) is 47.9 Å². The van der Waals surface area contributed by atoms with E-state index in [1.54, 1.807) is 11.8 Å². The van der Waals surface area contributed by atoms with Crippen LogP contribution in [-0.2, 0) is 47.9 Å². The Labute approximate surface area is 335 Å². The minimum absolute atomic E-state index is 0.0129. The summed E-state index contributed by atoms with van der Waals surface area (Å²) in [6, 6.07) is -4.85. The highest BCUT2D eigenvalue weighted by atomic mass is 32.2. The monoisotopic (exact) mass is 863 g/mol. The molecule has 27 nitrogen and oxygen atoms in total. The summed E-state index contributed by atoms with van der Waals surface area (Å²) in [5.41, 5.74) is 35.3. The summed E-state index contributed by atoms with van der Waals surface area (Å²) < 4.78 is 0. The quantitative estimate of drug-likeness (QED) is 0.0235. The number of carboxylic acids is 8. The van der Waals surface area contributed by atoms with Gasteiger partial charge in [-0.3, -0.25) is 48.1 Å². The Morgan fingerprint density at radius 1 is 0.517 bits per heavy atom. The third kappa shape index (κ3) is 50.2. The topological polar surface area (TPSA) is 539 Å². The molecule has 0 unspecified atom stereocenters. The highest BCUT2D eigenvalue weighted by molar-refractivity contribution is 7.98. The maximum atomic E-state index is 11.1. The van der Waals surface area contributed by atoms with Crippen LogP contribution < -0.4 is 45.5 Å². The summed E-state index contributed by atoms with van der Waals surface area (Å²) >= 11 is 1.60. The molecule has 0 radical (unpaired) electrons. The smallest absolute Gasteiger partial charge is 0.326 e. The molecule has 0 aliphatic rings. The number of carbonyl (C=O) groups is 10. The van der Waals surface area contributed by atoms with Crippen LogP contribution in [0, 0.1) is 0 Å². The maximum Gasteiger partial charge on any atom is 0.326 e. The number of primary amides is 1. The fraction of sp³-hybridized carbons (Fsp3) is 0.633. The van der Waals surface area contributed by atoms with E-state index in [-0.39, 0.29) is 44.5 Å². The van der Waals surface area contributed by atoms with Crippen molar-refractivity contribution in [3.63, 3.8) is 0 Å². The van der Waals surface area contributed by atoms with Gasteiger partial charge < -0.3 is 86.3 Å². The Morgan fingerprint density at radius 3 is 1.24 bits per heavy atom. The third-order valence-electron chi connectivity index (χ3n) is 6.09. The molecule has 0 aromatic heterocycles. The number of amides is 2. The molecule has 23 N–H and O–H groups in total. The van der Waals surface area contributed by atoms with Crippen molar-refractivity contribution in [1.29, 1.82) is 0 Å². The van der Waals surface area contributed by atoms with E-state index in [0.717, 1.165) is 5.75 Å². The van der Waals surface area contributed by atoms with Crippen LogP contribution in [0.25, 0.3) is 0 Å². The molecule has 0 spiro atoms.